The van der Waals surface area contributed by atoms with Crippen LogP contribution < -0.4 is 16.4 Å². The van der Waals surface area contributed by atoms with Crippen molar-refractivity contribution in [2.45, 2.75) is 24.6 Å². The summed E-state index contributed by atoms with van der Waals surface area (Å²) in [7, 11) is 0. The van der Waals surface area contributed by atoms with E-state index in [1.165, 1.54) is 6.92 Å². The zero-order valence-electron chi connectivity index (χ0n) is 13.7. The third kappa shape index (κ3) is 7.71. The number of carbonyl (C=O) groups excluding carboxylic acids is 3. The smallest absolute Gasteiger partial charge is 0.327 e. The third-order valence-electron chi connectivity index (χ3n) is 3.12. The highest BCUT2D eigenvalue weighted by Gasteiger charge is 2.25. The summed E-state index contributed by atoms with van der Waals surface area (Å²) < 4.78 is 0. The van der Waals surface area contributed by atoms with Crippen LogP contribution in [-0.2, 0) is 19.2 Å². The van der Waals surface area contributed by atoms with Crippen LogP contribution in [0, 0.1) is 0 Å². The van der Waals surface area contributed by atoms with E-state index in [1.54, 1.807) is 30.3 Å². The normalized spacial score (nSPS) is 12.7. The van der Waals surface area contributed by atoms with Crippen molar-refractivity contribution >= 4 is 35.5 Å². The average Bonchev–Trinajstić information content (AvgIpc) is 2.54. The summed E-state index contributed by atoms with van der Waals surface area (Å²) in [6.07, 6.45) is 0.0154. The molecule has 0 saturated heterocycles. The molecule has 1 aromatic carbocycles. The Morgan fingerprint density at radius 2 is 1.84 bits per heavy atom. The van der Waals surface area contributed by atoms with Gasteiger partial charge in [0.2, 0.25) is 17.7 Å². The minimum atomic E-state index is -1.18. The van der Waals surface area contributed by atoms with Gasteiger partial charge in [-0.3, -0.25) is 14.4 Å². The topological polar surface area (TPSA) is 139 Å². The Balaban J connectivity index is 2.81. The number of rotatable bonds is 10. The zero-order valence-corrected chi connectivity index (χ0v) is 14.5. The Labute approximate surface area is 149 Å². The van der Waals surface area contributed by atoms with Crippen LogP contribution in [0.4, 0.5) is 0 Å². The molecule has 1 rings (SSSR count). The number of carboxylic acid groups (broad SMARTS) is 1. The van der Waals surface area contributed by atoms with Gasteiger partial charge in [0.05, 0.1) is 0 Å². The number of nitrogens with two attached hydrogens (primary N) is 1. The van der Waals surface area contributed by atoms with Crippen molar-refractivity contribution in [2.75, 3.05) is 12.3 Å². The predicted molar refractivity (Wildman–Crippen MR) is 93.7 cm³/mol. The number of hydrogen-bond acceptors (Lipinski definition) is 5. The van der Waals surface area contributed by atoms with Gasteiger partial charge in [-0.2, -0.15) is 0 Å². The van der Waals surface area contributed by atoms with E-state index >= 15 is 0 Å². The first-order chi connectivity index (χ1) is 11.8. The number of primary amides is 1. The third-order valence-corrected chi connectivity index (χ3v) is 4.46. The van der Waals surface area contributed by atoms with Crippen molar-refractivity contribution in [3.05, 3.63) is 35.9 Å². The first kappa shape index (κ1) is 20.5. The summed E-state index contributed by atoms with van der Waals surface area (Å²) >= 11 is 1.10. The Bertz CT molecular complexity index is 623. The molecule has 3 amide bonds. The maximum atomic E-state index is 12.4. The van der Waals surface area contributed by atoms with Crippen LogP contribution in [0.2, 0.25) is 0 Å². The van der Waals surface area contributed by atoms with E-state index in [9.17, 15) is 19.2 Å². The minimum absolute atomic E-state index is 0.0116. The lowest BCUT2D eigenvalue weighted by Crippen LogP contribution is -2.42. The summed E-state index contributed by atoms with van der Waals surface area (Å²) in [5.41, 5.74) is 5.73. The molecule has 0 saturated carbocycles. The average molecular weight is 367 g/mol. The summed E-state index contributed by atoms with van der Waals surface area (Å²) in [5, 5.41) is 13.4. The lowest BCUT2D eigenvalue weighted by molar-refractivity contribution is -0.140. The molecule has 5 N–H and O–H groups in total. The minimum Gasteiger partial charge on any atom is -0.480 e. The van der Waals surface area contributed by atoms with Gasteiger partial charge in [0, 0.05) is 25.6 Å². The summed E-state index contributed by atoms with van der Waals surface area (Å²) in [5.74, 6) is -2.51. The van der Waals surface area contributed by atoms with E-state index < -0.39 is 29.1 Å². The van der Waals surface area contributed by atoms with Crippen molar-refractivity contribution in [1.29, 1.82) is 0 Å². The van der Waals surface area contributed by atoms with Gasteiger partial charge in [-0.1, -0.05) is 30.3 Å². The first-order valence-electron chi connectivity index (χ1n) is 7.53. The summed E-state index contributed by atoms with van der Waals surface area (Å²) in [6, 6.07) is 7.73. The molecule has 0 spiro atoms. The van der Waals surface area contributed by atoms with Crippen molar-refractivity contribution < 1.29 is 24.3 Å². The number of hydrogen-bond donors (Lipinski definition) is 4. The van der Waals surface area contributed by atoms with Gasteiger partial charge in [-0.05, 0) is 5.56 Å². The van der Waals surface area contributed by atoms with Crippen LogP contribution >= 0.6 is 11.8 Å². The Morgan fingerprint density at radius 1 is 1.20 bits per heavy atom. The molecular weight excluding hydrogens is 346 g/mol. The van der Waals surface area contributed by atoms with Crippen LogP contribution in [0.1, 0.15) is 24.2 Å². The van der Waals surface area contributed by atoms with Crippen LogP contribution in [-0.4, -0.2) is 47.1 Å². The SMILES string of the molecule is CC(=O)N[C@@H](CSC(C(=O)NCCC(N)=O)c1ccccc1)C(=O)O. The van der Waals surface area contributed by atoms with Gasteiger partial charge in [0.1, 0.15) is 11.3 Å². The van der Waals surface area contributed by atoms with Gasteiger partial charge in [-0.15, -0.1) is 11.8 Å². The van der Waals surface area contributed by atoms with Gasteiger partial charge in [-0.25, -0.2) is 4.79 Å². The van der Waals surface area contributed by atoms with Crippen molar-refractivity contribution in [1.82, 2.24) is 10.6 Å². The standard InChI is InChI=1S/C16H21N3O5S/c1-10(20)19-12(16(23)24)9-25-14(11-5-3-2-4-6-11)15(22)18-8-7-13(17)21/h2-6,12,14H,7-9H2,1H3,(H2,17,21)(H,18,22)(H,19,20)(H,23,24)/t12-,14?/m0/s1. The lowest BCUT2D eigenvalue weighted by atomic mass is 10.1. The molecule has 0 fully saturated rings. The van der Waals surface area contributed by atoms with Crippen LogP contribution in [0.25, 0.3) is 0 Å². The molecule has 9 heteroatoms. The molecule has 0 aliphatic heterocycles. The maximum Gasteiger partial charge on any atom is 0.327 e. The molecule has 25 heavy (non-hydrogen) atoms. The summed E-state index contributed by atoms with van der Waals surface area (Å²) in [6.45, 7) is 1.33. The molecule has 0 radical (unpaired) electrons. The Morgan fingerprint density at radius 3 is 2.36 bits per heavy atom. The van der Waals surface area contributed by atoms with Crippen LogP contribution in [0.15, 0.2) is 30.3 Å². The highest BCUT2D eigenvalue weighted by Crippen LogP contribution is 2.29. The molecule has 0 aliphatic rings. The highest BCUT2D eigenvalue weighted by atomic mass is 32.2. The maximum absolute atomic E-state index is 12.4. The fraction of sp³-hybridized carbons (Fsp3) is 0.375. The first-order valence-corrected chi connectivity index (χ1v) is 8.58. The number of thioether (sulfide) groups is 1. The quantitative estimate of drug-likeness (QED) is 0.461. The second-order valence-electron chi connectivity index (χ2n) is 5.22. The molecule has 1 unspecified atom stereocenters. The molecule has 0 aliphatic carbocycles. The van der Waals surface area contributed by atoms with E-state index in [2.05, 4.69) is 10.6 Å². The van der Waals surface area contributed by atoms with E-state index in [0.717, 1.165) is 11.8 Å². The molecular formula is C16H21N3O5S. The summed E-state index contributed by atoms with van der Waals surface area (Å²) in [4.78, 5) is 45.5. The fourth-order valence-corrected chi connectivity index (χ4v) is 3.16. The molecule has 8 nitrogen and oxygen atoms in total. The van der Waals surface area contributed by atoms with E-state index in [1.807, 2.05) is 0 Å². The zero-order chi connectivity index (χ0) is 18.8. The van der Waals surface area contributed by atoms with Gasteiger partial charge >= 0.3 is 5.97 Å². The number of carboxylic acids is 1. The van der Waals surface area contributed by atoms with E-state index in [-0.39, 0.29) is 24.6 Å². The Kier molecular flexibility index (Phi) is 8.48. The van der Waals surface area contributed by atoms with E-state index in [0.29, 0.717) is 5.56 Å². The molecule has 1 aromatic rings. The number of aliphatic carboxylic acids is 1. The van der Waals surface area contributed by atoms with Crippen molar-refractivity contribution in [3.8, 4) is 0 Å². The molecule has 0 heterocycles. The second-order valence-corrected chi connectivity index (χ2v) is 6.36. The fourth-order valence-electron chi connectivity index (χ4n) is 1.97. The van der Waals surface area contributed by atoms with Gasteiger partial charge in [0.25, 0.3) is 0 Å². The number of nitrogens with one attached hydrogen (secondary N) is 2. The molecule has 0 aromatic heterocycles. The number of benzene rings is 1. The molecule has 136 valence electrons. The molecule has 0 bridgehead atoms. The predicted octanol–water partition coefficient (Wildman–Crippen LogP) is 0.0418. The second kappa shape index (κ2) is 10.3. The van der Waals surface area contributed by atoms with E-state index in [4.69, 9.17) is 10.8 Å². The lowest BCUT2D eigenvalue weighted by Gasteiger charge is -2.19. The largest absolute Gasteiger partial charge is 0.480 e. The highest BCUT2D eigenvalue weighted by molar-refractivity contribution is 8.00. The Hall–Kier alpha value is -2.55. The van der Waals surface area contributed by atoms with Gasteiger partial charge in [0.15, 0.2) is 0 Å². The van der Waals surface area contributed by atoms with Crippen LogP contribution in [0.3, 0.4) is 0 Å². The van der Waals surface area contributed by atoms with Gasteiger partial charge < -0.3 is 21.5 Å². The molecule has 2 atom stereocenters. The van der Waals surface area contributed by atoms with Crippen LogP contribution in [0.5, 0.6) is 0 Å². The monoisotopic (exact) mass is 367 g/mol. The number of carbonyl (C=O) groups is 4. The van der Waals surface area contributed by atoms with Crippen molar-refractivity contribution in [3.63, 3.8) is 0 Å². The van der Waals surface area contributed by atoms with Crippen molar-refractivity contribution in [2.24, 2.45) is 5.73 Å². The number of amides is 3.